The number of pyridine rings is 1. The van der Waals surface area contributed by atoms with E-state index in [-0.39, 0.29) is 12.3 Å². The van der Waals surface area contributed by atoms with Crippen LogP contribution >= 0.6 is 0 Å². The van der Waals surface area contributed by atoms with Crippen molar-refractivity contribution in [1.82, 2.24) is 20.5 Å². The molecule has 2 aliphatic heterocycles. The number of nitrogens with one attached hydrogen (secondary N) is 2. The molecule has 1 aromatic rings. The molecule has 1 atom stereocenters. The van der Waals surface area contributed by atoms with Gasteiger partial charge < -0.3 is 15.1 Å². The molecule has 22 heavy (non-hydrogen) atoms. The predicted molar refractivity (Wildman–Crippen MR) is 78.1 cm³/mol. The lowest BCUT2D eigenvalue weighted by molar-refractivity contribution is -0.134. The third-order valence-corrected chi connectivity index (χ3v) is 3.84. The Hall–Kier alpha value is -2.64. The van der Waals surface area contributed by atoms with Crippen LogP contribution in [-0.4, -0.2) is 60.0 Å². The third kappa shape index (κ3) is 3.00. The van der Waals surface area contributed by atoms with E-state index in [1.54, 1.807) is 11.1 Å². The number of piperazine rings is 1. The fraction of sp³-hybridized carbons (Fsp3) is 0.429. The Balaban J connectivity index is 1.52. The molecule has 116 valence electrons. The van der Waals surface area contributed by atoms with Crippen molar-refractivity contribution < 1.29 is 14.4 Å². The maximum absolute atomic E-state index is 12.2. The average molecular weight is 303 g/mol. The van der Waals surface area contributed by atoms with Gasteiger partial charge in [-0.25, -0.2) is 9.78 Å². The number of rotatable bonds is 3. The second-order valence-corrected chi connectivity index (χ2v) is 5.28. The molecule has 8 heteroatoms. The highest BCUT2D eigenvalue weighted by Crippen LogP contribution is 2.13. The van der Waals surface area contributed by atoms with E-state index in [2.05, 4.69) is 20.5 Å². The lowest BCUT2D eigenvalue weighted by atomic mass is 10.1. The summed E-state index contributed by atoms with van der Waals surface area (Å²) in [6, 6.07) is 4.44. The molecule has 8 nitrogen and oxygen atoms in total. The van der Waals surface area contributed by atoms with Crippen molar-refractivity contribution >= 4 is 23.7 Å². The van der Waals surface area contributed by atoms with Crippen LogP contribution in [0.4, 0.5) is 10.6 Å². The van der Waals surface area contributed by atoms with Gasteiger partial charge >= 0.3 is 6.03 Å². The largest absolute Gasteiger partial charge is 0.353 e. The van der Waals surface area contributed by atoms with Gasteiger partial charge in [-0.05, 0) is 12.1 Å². The highest BCUT2D eigenvalue weighted by Gasteiger charge is 2.33. The molecule has 3 heterocycles. The van der Waals surface area contributed by atoms with Gasteiger partial charge in [0.25, 0.3) is 5.91 Å². The summed E-state index contributed by atoms with van der Waals surface area (Å²) in [5.41, 5.74) is 0. The summed E-state index contributed by atoms with van der Waals surface area (Å²) in [6.07, 6.45) is 1.75. The second-order valence-electron chi connectivity index (χ2n) is 5.28. The first-order chi connectivity index (χ1) is 10.6. The molecule has 2 aliphatic rings. The first-order valence-corrected chi connectivity index (χ1v) is 7.18. The number of imide groups is 1. The van der Waals surface area contributed by atoms with Gasteiger partial charge in [0.1, 0.15) is 11.9 Å². The van der Waals surface area contributed by atoms with E-state index in [1.165, 1.54) is 0 Å². The zero-order valence-corrected chi connectivity index (χ0v) is 12.0. The van der Waals surface area contributed by atoms with Crippen molar-refractivity contribution in [3.63, 3.8) is 0 Å². The van der Waals surface area contributed by atoms with Crippen molar-refractivity contribution in [1.29, 1.82) is 0 Å². The van der Waals surface area contributed by atoms with Crippen LogP contribution < -0.4 is 15.5 Å². The monoisotopic (exact) mass is 303 g/mol. The number of aromatic nitrogens is 1. The highest BCUT2D eigenvalue weighted by molar-refractivity contribution is 6.05. The normalized spacial score (nSPS) is 21.5. The van der Waals surface area contributed by atoms with Gasteiger partial charge in [-0.15, -0.1) is 0 Å². The van der Waals surface area contributed by atoms with E-state index >= 15 is 0 Å². The van der Waals surface area contributed by atoms with Crippen molar-refractivity contribution in [3.8, 4) is 0 Å². The van der Waals surface area contributed by atoms with Gasteiger partial charge in [-0.2, -0.15) is 0 Å². The van der Waals surface area contributed by atoms with Crippen molar-refractivity contribution in [2.75, 3.05) is 31.1 Å². The van der Waals surface area contributed by atoms with Crippen LogP contribution in [0.3, 0.4) is 0 Å². The lowest BCUT2D eigenvalue weighted by Crippen LogP contribution is -2.50. The fourth-order valence-electron chi connectivity index (χ4n) is 2.63. The number of hydrogen-bond donors (Lipinski definition) is 2. The van der Waals surface area contributed by atoms with Crippen molar-refractivity contribution in [2.45, 2.75) is 12.5 Å². The van der Waals surface area contributed by atoms with Crippen LogP contribution in [-0.2, 0) is 9.59 Å². The molecule has 2 saturated heterocycles. The Bertz CT molecular complexity index is 583. The molecule has 2 N–H and O–H groups in total. The first-order valence-electron chi connectivity index (χ1n) is 7.18. The summed E-state index contributed by atoms with van der Waals surface area (Å²) >= 11 is 0. The fourth-order valence-corrected chi connectivity index (χ4v) is 2.63. The number of carbonyl (C=O) groups is 3. The molecule has 0 bridgehead atoms. The summed E-state index contributed by atoms with van der Waals surface area (Å²) in [5.74, 6) is 0.338. The maximum Gasteiger partial charge on any atom is 0.322 e. The molecule has 0 spiro atoms. The molecule has 1 aromatic heterocycles. The number of anilines is 1. The van der Waals surface area contributed by atoms with Crippen LogP contribution in [0.25, 0.3) is 0 Å². The Kier molecular flexibility index (Phi) is 3.90. The molecular weight excluding hydrogens is 286 g/mol. The highest BCUT2D eigenvalue weighted by atomic mass is 16.2. The second kappa shape index (κ2) is 6.00. The van der Waals surface area contributed by atoms with E-state index in [1.807, 2.05) is 18.2 Å². The summed E-state index contributed by atoms with van der Waals surface area (Å²) in [5, 5.41) is 4.57. The van der Waals surface area contributed by atoms with Gasteiger partial charge in [0.2, 0.25) is 5.91 Å². The average Bonchev–Trinajstić information content (AvgIpc) is 2.86. The van der Waals surface area contributed by atoms with E-state index in [4.69, 9.17) is 0 Å². The number of hydrogen-bond acceptors (Lipinski definition) is 5. The Morgan fingerprint density at radius 1 is 1.23 bits per heavy atom. The van der Waals surface area contributed by atoms with Crippen molar-refractivity contribution in [2.24, 2.45) is 0 Å². The molecule has 0 aliphatic carbocycles. The van der Waals surface area contributed by atoms with Crippen LogP contribution in [0.15, 0.2) is 24.4 Å². The van der Waals surface area contributed by atoms with Gasteiger partial charge in [-0.1, -0.05) is 6.07 Å². The summed E-state index contributed by atoms with van der Waals surface area (Å²) < 4.78 is 0. The SMILES string of the molecule is O=C1NC(=O)[C@H](CC(=O)N2CCN(c3ccccn3)CC2)N1. The molecule has 0 saturated carbocycles. The third-order valence-electron chi connectivity index (χ3n) is 3.84. The van der Waals surface area contributed by atoms with Gasteiger partial charge in [0, 0.05) is 32.4 Å². The maximum atomic E-state index is 12.2. The first kappa shape index (κ1) is 14.3. The van der Waals surface area contributed by atoms with Crippen LogP contribution in [0.5, 0.6) is 0 Å². The van der Waals surface area contributed by atoms with Gasteiger partial charge in [0.05, 0.1) is 6.42 Å². The van der Waals surface area contributed by atoms with Crippen LogP contribution in [0.2, 0.25) is 0 Å². The van der Waals surface area contributed by atoms with E-state index in [0.29, 0.717) is 26.2 Å². The minimum absolute atomic E-state index is 0.00115. The predicted octanol–water partition coefficient (Wildman–Crippen LogP) is -0.672. The number of amides is 4. The minimum Gasteiger partial charge on any atom is -0.353 e. The van der Waals surface area contributed by atoms with Crippen LogP contribution in [0.1, 0.15) is 6.42 Å². The Morgan fingerprint density at radius 3 is 2.59 bits per heavy atom. The lowest BCUT2D eigenvalue weighted by Gasteiger charge is -2.35. The number of nitrogens with zero attached hydrogens (tertiary/aromatic N) is 3. The standard InChI is InChI=1S/C14H17N5O3/c20-12(9-10-13(21)17-14(22)16-10)19-7-5-18(6-8-19)11-3-1-2-4-15-11/h1-4,10H,5-9H2,(H2,16,17,21,22)/t10-/m0/s1. The zero-order valence-electron chi connectivity index (χ0n) is 12.0. The topological polar surface area (TPSA) is 94.6 Å². The molecule has 0 radical (unpaired) electrons. The molecule has 2 fully saturated rings. The zero-order chi connectivity index (χ0) is 15.5. The van der Waals surface area contributed by atoms with Crippen LogP contribution in [0, 0.1) is 0 Å². The molecule has 0 unspecified atom stereocenters. The van der Waals surface area contributed by atoms with Gasteiger partial charge in [0.15, 0.2) is 0 Å². The van der Waals surface area contributed by atoms with Gasteiger partial charge in [-0.3, -0.25) is 14.9 Å². The Labute approximate surface area is 127 Å². The minimum atomic E-state index is -0.756. The van der Waals surface area contributed by atoms with Crippen molar-refractivity contribution in [3.05, 3.63) is 24.4 Å². The molecular formula is C14H17N5O3. The number of urea groups is 1. The molecule has 3 rings (SSSR count). The summed E-state index contributed by atoms with van der Waals surface area (Å²) in [6.45, 7) is 2.56. The molecule has 4 amide bonds. The Morgan fingerprint density at radius 2 is 2.00 bits per heavy atom. The van der Waals surface area contributed by atoms with E-state index in [9.17, 15) is 14.4 Å². The smallest absolute Gasteiger partial charge is 0.322 e. The van der Waals surface area contributed by atoms with E-state index < -0.39 is 18.0 Å². The number of carbonyl (C=O) groups excluding carboxylic acids is 3. The van der Waals surface area contributed by atoms with E-state index in [0.717, 1.165) is 5.82 Å². The summed E-state index contributed by atoms with van der Waals surface area (Å²) in [7, 11) is 0. The summed E-state index contributed by atoms with van der Waals surface area (Å²) in [4.78, 5) is 42.8. The molecule has 0 aromatic carbocycles. The quantitative estimate of drug-likeness (QED) is 0.722.